The van der Waals surface area contributed by atoms with Crippen LogP contribution in [0, 0.1) is 0 Å². The molecule has 0 bridgehead atoms. The smallest absolute Gasteiger partial charge is 0.180 e. The predicted molar refractivity (Wildman–Crippen MR) is 128 cm³/mol. The minimum Gasteiger partial charge on any atom is -0.493 e. The number of anilines is 3. The summed E-state index contributed by atoms with van der Waals surface area (Å²) >= 11 is 0. The Morgan fingerprint density at radius 1 is 1.12 bits per heavy atom. The molecule has 1 aliphatic rings. The Balaban J connectivity index is 1.49. The van der Waals surface area contributed by atoms with Crippen molar-refractivity contribution in [3.05, 3.63) is 77.6 Å². The van der Waals surface area contributed by atoms with Crippen LogP contribution < -0.4 is 15.0 Å². The lowest BCUT2D eigenvalue weighted by atomic mass is 9.92. The number of nitrogens with zero attached hydrogens (tertiary/aromatic N) is 2. The lowest BCUT2D eigenvalue weighted by molar-refractivity contribution is -0.0419. The standard InChI is InChI=1S/C26H31N3O3/c1-3-4-18-5-7-20(8-6-18)29(2)21-9-10-22-19(12-14-32-25(22)15-21)16-28-24-17-27-13-11-23(24)26(30)31/h5-11,13,15,17,19,26,28,30-31H,3-4,12,14,16H2,1-2H3/t19-/m0/s1. The molecule has 0 aliphatic carbocycles. The van der Waals surface area contributed by atoms with Gasteiger partial charge < -0.3 is 25.2 Å². The molecule has 1 aliphatic heterocycles. The molecule has 0 fully saturated rings. The zero-order valence-electron chi connectivity index (χ0n) is 18.7. The summed E-state index contributed by atoms with van der Waals surface area (Å²) in [6, 6.07) is 16.7. The zero-order chi connectivity index (χ0) is 22.5. The van der Waals surface area contributed by atoms with Crippen molar-refractivity contribution in [1.82, 2.24) is 4.98 Å². The minimum absolute atomic E-state index is 0.260. The van der Waals surface area contributed by atoms with E-state index in [1.165, 1.54) is 5.56 Å². The van der Waals surface area contributed by atoms with E-state index < -0.39 is 6.29 Å². The van der Waals surface area contributed by atoms with Crippen LogP contribution in [0.2, 0.25) is 0 Å². The number of aliphatic hydroxyl groups is 2. The summed E-state index contributed by atoms with van der Waals surface area (Å²) in [5.74, 6) is 1.17. The number of fused-ring (bicyclic) bond motifs is 1. The van der Waals surface area contributed by atoms with Crippen molar-refractivity contribution < 1.29 is 14.9 Å². The average molecular weight is 434 g/mol. The number of ether oxygens (including phenoxy) is 1. The van der Waals surface area contributed by atoms with Gasteiger partial charge in [-0.2, -0.15) is 0 Å². The van der Waals surface area contributed by atoms with E-state index in [9.17, 15) is 10.2 Å². The van der Waals surface area contributed by atoms with Crippen LogP contribution in [-0.2, 0) is 6.42 Å². The van der Waals surface area contributed by atoms with Crippen LogP contribution in [-0.4, -0.2) is 35.4 Å². The van der Waals surface area contributed by atoms with Crippen molar-refractivity contribution in [3.8, 4) is 5.75 Å². The SMILES string of the molecule is CCCc1ccc(N(C)c2ccc3c(c2)OCC[C@H]3CNc2cnccc2C(O)O)cc1. The molecule has 0 saturated heterocycles. The van der Waals surface area contributed by atoms with Crippen LogP contribution in [0.15, 0.2) is 60.9 Å². The van der Waals surface area contributed by atoms with Gasteiger partial charge in [0.2, 0.25) is 0 Å². The number of aryl methyl sites for hydroxylation is 1. The van der Waals surface area contributed by atoms with Crippen LogP contribution >= 0.6 is 0 Å². The van der Waals surface area contributed by atoms with Crippen LogP contribution in [0.3, 0.4) is 0 Å². The minimum atomic E-state index is -1.53. The maximum Gasteiger partial charge on any atom is 0.180 e. The number of hydrogen-bond donors (Lipinski definition) is 3. The Bertz CT molecular complexity index is 1040. The number of hydrogen-bond acceptors (Lipinski definition) is 6. The number of aromatic nitrogens is 1. The molecular formula is C26H31N3O3. The number of aliphatic hydroxyl groups excluding tert-OH is 1. The molecule has 0 amide bonds. The van der Waals surface area contributed by atoms with Gasteiger partial charge in [0.25, 0.3) is 0 Å². The third-order valence-electron chi connectivity index (χ3n) is 6.08. The molecule has 3 aromatic rings. The monoisotopic (exact) mass is 433 g/mol. The Morgan fingerprint density at radius 3 is 2.66 bits per heavy atom. The Hall–Kier alpha value is -3.09. The first-order chi connectivity index (χ1) is 15.6. The molecule has 1 aromatic heterocycles. The van der Waals surface area contributed by atoms with Crippen LogP contribution in [0.5, 0.6) is 5.75 Å². The summed E-state index contributed by atoms with van der Waals surface area (Å²) in [6.45, 7) is 3.51. The number of rotatable bonds is 8. The maximum atomic E-state index is 9.58. The molecule has 168 valence electrons. The molecule has 3 N–H and O–H groups in total. The van der Waals surface area contributed by atoms with Crippen LogP contribution in [0.4, 0.5) is 17.1 Å². The number of nitrogens with one attached hydrogen (secondary N) is 1. The first-order valence-electron chi connectivity index (χ1n) is 11.2. The first-order valence-corrected chi connectivity index (χ1v) is 11.2. The molecule has 0 saturated carbocycles. The molecule has 6 nitrogen and oxygen atoms in total. The van der Waals surface area contributed by atoms with E-state index in [-0.39, 0.29) is 5.92 Å². The Labute approximate surface area is 189 Å². The maximum absolute atomic E-state index is 9.58. The van der Waals surface area contributed by atoms with Gasteiger partial charge in [-0.15, -0.1) is 0 Å². The normalized spacial score (nSPS) is 15.2. The number of benzene rings is 2. The Morgan fingerprint density at radius 2 is 1.91 bits per heavy atom. The zero-order valence-corrected chi connectivity index (χ0v) is 18.7. The average Bonchev–Trinajstić information content (AvgIpc) is 2.82. The van der Waals surface area contributed by atoms with Gasteiger partial charge in [-0.05, 0) is 48.2 Å². The van der Waals surface area contributed by atoms with Gasteiger partial charge in [0.15, 0.2) is 6.29 Å². The molecule has 2 heterocycles. The fourth-order valence-electron chi connectivity index (χ4n) is 4.21. The summed E-state index contributed by atoms with van der Waals surface area (Å²) in [5.41, 5.74) is 5.81. The second-order valence-corrected chi connectivity index (χ2v) is 8.25. The highest BCUT2D eigenvalue weighted by Crippen LogP contribution is 2.38. The molecule has 32 heavy (non-hydrogen) atoms. The van der Waals surface area contributed by atoms with Gasteiger partial charge in [-0.1, -0.05) is 31.5 Å². The summed E-state index contributed by atoms with van der Waals surface area (Å²) in [5, 5.41) is 22.5. The topological polar surface area (TPSA) is 77.9 Å². The van der Waals surface area contributed by atoms with Gasteiger partial charge >= 0.3 is 0 Å². The van der Waals surface area contributed by atoms with E-state index in [1.807, 2.05) is 0 Å². The highest BCUT2D eigenvalue weighted by atomic mass is 16.5. The fourth-order valence-corrected chi connectivity index (χ4v) is 4.21. The van der Waals surface area contributed by atoms with E-state index in [4.69, 9.17) is 4.74 Å². The Kier molecular flexibility index (Phi) is 6.93. The molecule has 0 spiro atoms. The molecule has 4 rings (SSSR count). The van der Waals surface area contributed by atoms with Crippen molar-refractivity contribution >= 4 is 17.1 Å². The van der Waals surface area contributed by atoms with E-state index in [1.54, 1.807) is 18.5 Å². The van der Waals surface area contributed by atoms with Crippen molar-refractivity contribution in [2.45, 2.75) is 38.4 Å². The van der Waals surface area contributed by atoms with Gasteiger partial charge in [0.05, 0.1) is 18.5 Å². The van der Waals surface area contributed by atoms with E-state index in [0.29, 0.717) is 24.4 Å². The highest BCUT2D eigenvalue weighted by molar-refractivity contribution is 5.65. The summed E-state index contributed by atoms with van der Waals surface area (Å²) < 4.78 is 6.00. The van der Waals surface area contributed by atoms with Gasteiger partial charge in [0, 0.05) is 48.7 Å². The van der Waals surface area contributed by atoms with E-state index >= 15 is 0 Å². The molecule has 1 atom stereocenters. The number of pyridine rings is 1. The van der Waals surface area contributed by atoms with Crippen LogP contribution in [0.25, 0.3) is 0 Å². The van der Waals surface area contributed by atoms with Crippen LogP contribution in [0.1, 0.15) is 48.7 Å². The van der Waals surface area contributed by atoms with Crippen molar-refractivity contribution in [2.24, 2.45) is 0 Å². The van der Waals surface area contributed by atoms with Gasteiger partial charge in [0.1, 0.15) is 5.75 Å². The molecule has 0 radical (unpaired) electrons. The largest absolute Gasteiger partial charge is 0.493 e. The lowest BCUT2D eigenvalue weighted by Crippen LogP contribution is -2.22. The first kappa shape index (κ1) is 22.1. The van der Waals surface area contributed by atoms with Crippen molar-refractivity contribution in [3.63, 3.8) is 0 Å². The lowest BCUT2D eigenvalue weighted by Gasteiger charge is -2.29. The highest BCUT2D eigenvalue weighted by Gasteiger charge is 2.23. The summed E-state index contributed by atoms with van der Waals surface area (Å²) in [7, 11) is 2.07. The van der Waals surface area contributed by atoms with Gasteiger partial charge in [-0.25, -0.2) is 0 Å². The fraction of sp³-hybridized carbons (Fsp3) is 0.346. The molecule has 2 aromatic carbocycles. The third kappa shape index (κ3) is 4.87. The van der Waals surface area contributed by atoms with Crippen molar-refractivity contribution in [1.29, 1.82) is 0 Å². The summed E-state index contributed by atoms with van der Waals surface area (Å²) in [6.07, 6.45) is 4.79. The molecular weight excluding hydrogens is 402 g/mol. The molecule has 0 unspecified atom stereocenters. The third-order valence-corrected chi connectivity index (χ3v) is 6.08. The van der Waals surface area contributed by atoms with Crippen molar-refractivity contribution in [2.75, 3.05) is 30.4 Å². The van der Waals surface area contributed by atoms with Gasteiger partial charge in [-0.3, -0.25) is 4.98 Å². The molecule has 6 heteroatoms. The quantitative estimate of drug-likeness (QED) is 0.445. The second kappa shape index (κ2) is 10.0. The van der Waals surface area contributed by atoms with E-state index in [2.05, 4.69) is 71.6 Å². The predicted octanol–water partition coefficient (Wildman–Crippen LogP) is 4.76. The second-order valence-electron chi connectivity index (χ2n) is 8.25. The summed E-state index contributed by atoms with van der Waals surface area (Å²) in [4.78, 5) is 6.27. The van der Waals surface area contributed by atoms with E-state index in [0.717, 1.165) is 42.0 Å².